The van der Waals surface area contributed by atoms with E-state index in [1.54, 1.807) is 0 Å². The number of carboxylic acid groups (broad SMARTS) is 2. The predicted octanol–water partition coefficient (Wildman–Crippen LogP) is 8.34. The Kier molecular flexibility index (Phi) is 28.0. The summed E-state index contributed by atoms with van der Waals surface area (Å²) in [6.07, 6.45) is 26.9. The average molecular weight is 472 g/mol. The molecule has 5 nitrogen and oxygen atoms in total. The second-order valence-electron chi connectivity index (χ2n) is 9.76. The number of nitrogens with two attached hydrogens (primary N) is 1. The molecule has 0 radical (unpaired) electrons. The fourth-order valence-corrected chi connectivity index (χ4v) is 3.85. The molecule has 0 aliphatic heterocycles. The zero-order valence-corrected chi connectivity index (χ0v) is 22.3. The monoisotopic (exact) mass is 471 g/mol. The van der Waals surface area contributed by atoms with Crippen LogP contribution in [0.3, 0.4) is 0 Å². The molecule has 0 unspecified atom stereocenters. The Balaban J connectivity index is 0. The van der Waals surface area contributed by atoms with Gasteiger partial charge in [0.2, 0.25) is 0 Å². The molecule has 0 saturated heterocycles. The third kappa shape index (κ3) is 28.9. The molecule has 0 aromatic heterocycles. The Bertz CT molecular complexity index is 428. The molecular formula is C28H57NO4. The largest absolute Gasteiger partial charge is 0.481 e. The highest BCUT2D eigenvalue weighted by molar-refractivity contribution is 5.73. The van der Waals surface area contributed by atoms with Gasteiger partial charge in [0.25, 0.3) is 0 Å². The molecule has 0 aromatic rings. The van der Waals surface area contributed by atoms with Gasteiger partial charge in [0.05, 0.1) is 0 Å². The van der Waals surface area contributed by atoms with Crippen LogP contribution < -0.4 is 5.73 Å². The van der Waals surface area contributed by atoms with Gasteiger partial charge >= 0.3 is 11.9 Å². The Hall–Kier alpha value is -1.10. The van der Waals surface area contributed by atoms with Crippen LogP contribution in [0.5, 0.6) is 0 Å². The van der Waals surface area contributed by atoms with E-state index in [0.29, 0.717) is 6.42 Å². The molecule has 0 rings (SSSR count). The van der Waals surface area contributed by atoms with Gasteiger partial charge in [-0.2, -0.15) is 0 Å². The van der Waals surface area contributed by atoms with Crippen LogP contribution in [-0.4, -0.2) is 28.2 Å². The van der Waals surface area contributed by atoms with Gasteiger partial charge in [-0.05, 0) is 12.3 Å². The SMILES string of the molecule is CCCCCCCCCCCCCCCCCCCCCC(=O)O.CC[C@H](C)[C@H](N)C(=O)O. The molecular weight excluding hydrogens is 414 g/mol. The minimum absolute atomic E-state index is 0.0718. The van der Waals surface area contributed by atoms with E-state index in [1.807, 2.05) is 13.8 Å². The molecule has 0 amide bonds. The molecule has 0 aliphatic carbocycles. The van der Waals surface area contributed by atoms with E-state index in [4.69, 9.17) is 15.9 Å². The number of aliphatic carboxylic acids is 2. The summed E-state index contributed by atoms with van der Waals surface area (Å²) in [6, 6.07) is -0.699. The number of hydrogen-bond donors (Lipinski definition) is 3. The molecule has 0 saturated carbocycles. The van der Waals surface area contributed by atoms with Crippen molar-refractivity contribution in [2.24, 2.45) is 11.7 Å². The maximum atomic E-state index is 10.4. The second kappa shape index (κ2) is 27.1. The molecule has 33 heavy (non-hydrogen) atoms. The molecule has 4 N–H and O–H groups in total. The number of unbranched alkanes of at least 4 members (excludes halogenated alkanes) is 18. The number of hydrogen-bond acceptors (Lipinski definition) is 3. The molecule has 0 aliphatic rings. The van der Waals surface area contributed by atoms with Crippen molar-refractivity contribution in [1.29, 1.82) is 0 Å². The minimum Gasteiger partial charge on any atom is -0.481 e. The fourth-order valence-electron chi connectivity index (χ4n) is 3.85. The maximum absolute atomic E-state index is 10.4. The Morgan fingerprint density at radius 1 is 0.606 bits per heavy atom. The van der Waals surface area contributed by atoms with Crippen LogP contribution in [0.4, 0.5) is 0 Å². The van der Waals surface area contributed by atoms with Gasteiger partial charge in [-0.25, -0.2) is 0 Å². The van der Waals surface area contributed by atoms with Crippen LogP contribution in [0.15, 0.2) is 0 Å². The first-order valence-corrected chi connectivity index (χ1v) is 14.1. The molecule has 0 aromatic carbocycles. The maximum Gasteiger partial charge on any atom is 0.320 e. The molecule has 2 atom stereocenters. The highest BCUT2D eigenvalue weighted by Crippen LogP contribution is 2.14. The first-order valence-electron chi connectivity index (χ1n) is 14.1. The fraction of sp³-hybridized carbons (Fsp3) is 0.929. The van der Waals surface area contributed by atoms with Crippen LogP contribution >= 0.6 is 0 Å². The standard InChI is InChI=1S/C22H44O2.C6H13NO2/c1-2-3-4-5-6-7-8-9-10-11-12-13-14-15-16-17-18-19-20-21-22(23)24;1-3-4(2)5(7)6(8)9/h2-21H2,1H3,(H,23,24);4-5H,3,7H2,1-2H3,(H,8,9)/t;4-,5-/m.0/s1. The summed E-state index contributed by atoms with van der Waals surface area (Å²) in [5.74, 6) is -1.49. The summed E-state index contributed by atoms with van der Waals surface area (Å²) >= 11 is 0. The highest BCUT2D eigenvalue weighted by Gasteiger charge is 2.17. The number of carboxylic acids is 2. The smallest absolute Gasteiger partial charge is 0.320 e. The first kappa shape index (κ1) is 34.1. The van der Waals surface area contributed by atoms with Gasteiger partial charge in [0, 0.05) is 6.42 Å². The van der Waals surface area contributed by atoms with Gasteiger partial charge < -0.3 is 15.9 Å². The lowest BCUT2D eigenvalue weighted by Gasteiger charge is -2.11. The van der Waals surface area contributed by atoms with Crippen molar-refractivity contribution >= 4 is 11.9 Å². The molecule has 5 heteroatoms. The van der Waals surface area contributed by atoms with Gasteiger partial charge in [0.15, 0.2) is 0 Å². The van der Waals surface area contributed by atoms with Crippen LogP contribution in [-0.2, 0) is 9.59 Å². The third-order valence-electron chi connectivity index (χ3n) is 6.54. The Morgan fingerprint density at radius 3 is 1.12 bits per heavy atom. The van der Waals surface area contributed by atoms with Crippen molar-refractivity contribution < 1.29 is 19.8 Å². The summed E-state index contributed by atoms with van der Waals surface area (Å²) in [5.41, 5.74) is 5.27. The lowest BCUT2D eigenvalue weighted by Crippen LogP contribution is -2.36. The summed E-state index contributed by atoms with van der Waals surface area (Å²) in [4.78, 5) is 20.6. The summed E-state index contributed by atoms with van der Waals surface area (Å²) in [5, 5.41) is 16.9. The summed E-state index contributed by atoms with van der Waals surface area (Å²) in [6.45, 7) is 6.04. The molecule has 198 valence electrons. The molecule has 0 heterocycles. The number of carbonyl (C=O) groups is 2. The van der Waals surface area contributed by atoms with E-state index >= 15 is 0 Å². The van der Waals surface area contributed by atoms with Crippen molar-refractivity contribution in [2.45, 2.75) is 162 Å². The highest BCUT2D eigenvalue weighted by atomic mass is 16.4. The van der Waals surface area contributed by atoms with E-state index in [0.717, 1.165) is 19.3 Å². The zero-order valence-electron chi connectivity index (χ0n) is 22.3. The van der Waals surface area contributed by atoms with Crippen molar-refractivity contribution in [2.75, 3.05) is 0 Å². The number of rotatable bonds is 23. The lowest BCUT2D eigenvalue weighted by molar-refractivity contribution is -0.140. The van der Waals surface area contributed by atoms with E-state index in [1.165, 1.54) is 109 Å². The zero-order chi connectivity index (χ0) is 25.2. The summed E-state index contributed by atoms with van der Waals surface area (Å²) in [7, 11) is 0. The van der Waals surface area contributed by atoms with Gasteiger partial charge in [-0.15, -0.1) is 0 Å². The normalized spacial score (nSPS) is 12.6. The molecule has 0 fully saturated rings. The van der Waals surface area contributed by atoms with Gasteiger partial charge in [0.1, 0.15) is 6.04 Å². The Morgan fingerprint density at radius 2 is 0.909 bits per heavy atom. The van der Waals surface area contributed by atoms with Crippen molar-refractivity contribution in [3.05, 3.63) is 0 Å². The average Bonchev–Trinajstić information content (AvgIpc) is 2.79. The van der Waals surface area contributed by atoms with E-state index in [9.17, 15) is 9.59 Å². The topological polar surface area (TPSA) is 101 Å². The first-order chi connectivity index (χ1) is 15.9. The van der Waals surface area contributed by atoms with E-state index in [-0.39, 0.29) is 5.92 Å². The predicted molar refractivity (Wildman–Crippen MR) is 141 cm³/mol. The Labute approximate surface area is 205 Å². The van der Waals surface area contributed by atoms with Crippen molar-refractivity contribution in [3.63, 3.8) is 0 Å². The van der Waals surface area contributed by atoms with Crippen LogP contribution in [0, 0.1) is 5.92 Å². The van der Waals surface area contributed by atoms with Crippen molar-refractivity contribution in [3.8, 4) is 0 Å². The van der Waals surface area contributed by atoms with Crippen LogP contribution in [0.25, 0.3) is 0 Å². The third-order valence-corrected chi connectivity index (χ3v) is 6.54. The quantitative estimate of drug-likeness (QED) is 0.130. The molecule has 0 bridgehead atoms. The van der Waals surface area contributed by atoms with Crippen LogP contribution in [0.1, 0.15) is 156 Å². The second-order valence-corrected chi connectivity index (χ2v) is 9.76. The van der Waals surface area contributed by atoms with Gasteiger partial charge in [-0.1, -0.05) is 143 Å². The van der Waals surface area contributed by atoms with Gasteiger partial charge in [-0.3, -0.25) is 9.59 Å². The van der Waals surface area contributed by atoms with E-state index in [2.05, 4.69) is 6.92 Å². The van der Waals surface area contributed by atoms with Crippen LogP contribution in [0.2, 0.25) is 0 Å². The lowest BCUT2D eigenvalue weighted by atomic mass is 10.0. The molecule has 0 spiro atoms. The summed E-state index contributed by atoms with van der Waals surface area (Å²) < 4.78 is 0. The minimum atomic E-state index is -0.913. The van der Waals surface area contributed by atoms with Crippen molar-refractivity contribution in [1.82, 2.24) is 0 Å². The van der Waals surface area contributed by atoms with E-state index < -0.39 is 18.0 Å².